The fraction of sp³-hybridized carbons (Fsp3) is 0.364. The van der Waals surface area contributed by atoms with Gasteiger partial charge in [-0.1, -0.05) is 6.07 Å². The largest absolute Gasteiger partial charge is 0.508 e. The molecule has 0 spiro atoms. The highest BCUT2D eigenvalue weighted by atomic mass is 32.2. The number of hydrogen-bond acceptors (Lipinski definition) is 3. The van der Waals surface area contributed by atoms with Crippen molar-refractivity contribution in [2.75, 3.05) is 5.75 Å². The standard InChI is InChI=1S/C11H14O3S/c12-9-4-3-5-10(8-9)15-7-2-1-6-11(13)14/h3-5,8,12H,1-2,6-7H2,(H,13,14). The monoisotopic (exact) mass is 226 g/mol. The SMILES string of the molecule is O=C(O)CCCCSc1cccc(O)c1. The summed E-state index contributed by atoms with van der Waals surface area (Å²) in [5.74, 6) is 0.416. The van der Waals surface area contributed by atoms with Crippen LogP contribution in [-0.4, -0.2) is 21.9 Å². The molecule has 82 valence electrons. The van der Waals surface area contributed by atoms with Crippen molar-refractivity contribution in [2.24, 2.45) is 0 Å². The van der Waals surface area contributed by atoms with Gasteiger partial charge in [-0.2, -0.15) is 0 Å². The predicted molar refractivity (Wildman–Crippen MR) is 60.3 cm³/mol. The first-order chi connectivity index (χ1) is 7.18. The first kappa shape index (κ1) is 11.9. The molecular weight excluding hydrogens is 212 g/mol. The van der Waals surface area contributed by atoms with Gasteiger partial charge in [-0.05, 0) is 36.8 Å². The molecule has 0 aliphatic heterocycles. The molecule has 3 nitrogen and oxygen atoms in total. The lowest BCUT2D eigenvalue weighted by Crippen LogP contribution is -1.94. The molecule has 15 heavy (non-hydrogen) atoms. The number of aromatic hydroxyl groups is 1. The Morgan fingerprint density at radius 3 is 2.80 bits per heavy atom. The van der Waals surface area contributed by atoms with E-state index in [1.165, 1.54) is 0 Å². The quantitative estimate of drug-likeness (QED) is 0.578. The Labute approximate surface area is 93.1 Å². The summed E-state index contributed by atoms with van der Waals surface area (Å²) in [6.07, 6.45) is 1.83. The number of carbonyl (C=O) groups is 1. The number of phenolic OH excluding ortho intramolecular Hbond substituents is 1. The van der Waals surface area contributed by atoms with Gasteiger partial charge in [0.25, 0.3) is 0 Å². The zero-order chi connectivity index (χ0) is 11.1. The number of thioether (sulfide) groups is 1. The van der Waals surface area contributed by atoms with Crippen LogP contribution in [0.25, 0.3) is 0 Å². The Balaban J connectivity index is 2.17. The average Bonchev–Trinajstić information content (AvgIpc) is 2.17. The second-order valence-electron chi connectivity index (χ2n) is 3.20. The highest BCUT2D eigenvalue weighted by Gasteiger charge is 1.98. The van der Waals surface area contributed by atoms with E-state index < -0.39 is 5.97 Å². The first-order valence-corrected chi connectivity index (χ1v) is 5.80. The summed E-state index contributed by atoms with van der Waals surface area (Å²) in [6, 6.07) is 7.08. The van der Waals surface area contributed by atoms with Gasteiger partial charge in [0.2, 0.25) is 0 Å². The third-order valence-electron chi connectivity index (χ3n) is 1.87. The zero-order valence-corrected chi connectivity index (χ0v) is 9.17. The summed E-state index contributed by atoms with van der Waals surface area (Å²) in [4.78, 5) is 11.3. The van der Waals surface area contributed by atoms with Gasteiger partial charge < -0.3 is 10.2 Å². The molecular formula is C11H14O3S. The van der Waals surface area contributed by atoms with E-state index >= 15 is 0 Å². The minimum Gasteiger partial charge on any atom is -0.508 e. The maximum Gasteiger partial charge on any atom is 0.303 e. The van der Waals surface area contributed by atoms with Crippen LogP contribution >= 0.6 is 11.8 Å². The van der Waals surface area contributed by atoms with E-state index in [9.17, 15) is 9.90 Å². The number of carboxylic acid groups (broad SMARTS) is 1. The molecule has 0 saturated carbocycles. The van der Waals surface area contributed by atoms with E-state index in [1.54, 1.807) is 30.0 Å². The van der Waals surface area contributed by atoms with E-state index in [1.807, 2.05) is 6.07 Å². The summed E-state index contributed by atoms with van der Waals surface area (Å²) in [7, 11) is 0. The molecule has 0 bridgehead atoms. The Bertz CT molecular complexity index is 325. The van der Waals surface area contributed by atoms with Crippen molar-refractivity contribution in [3.63, 3.8) is 0 Å². The van der Waals surface area contributed by atoms with Crippen molar-refractivity contribution >= 4 is 17.7 Å². The van der Waals surface area contributed by atoms with Crippen molar-refractivity contribution in [3.05, 3.63) is 24.3 Å². The Morgan fingerprint density at radius 1 is 1.33 bits per heavy atom. The molecule has 1 aromatic rings. The highest BCUT2D eigenvalue weighted by Crippen LogP contribution is 2.23. The topological polar surface area (TPSA) is 57.5 Å². The van der Waals surface area contributed by atoms with Crippen LogP contribution in [-0.2, 0) is 4.79 Å². The maximum atomic E-state index is 10.2. The second kappa shape index (κ2) is 6.35. The Kier molecular flexibility index (Phi) is 5.04. The fourth-order valence-electron chi connectivity index (χ4n) is 1.14. The van der Waals surface area contributed by atoms with Crippen LogP contribution < -0.4 is 0 Å². The molecule has 1 aromatic carbocycles. The summed E-state index contributed by atoms with van der Waals surface area (Å²) >= 11 is 1.63. The third kappa shape index (κ3) is 5.32. The Morgan fingerprint density at radius 2 is 2.13 bits per heavy atom. The van der Waals surface area contributed by atoms with Crippen molar-refractivity contribution in [2.45, 2.75) is 24.2 Å². The van der Waals surface area contributed by atoms with Gasteiger partial charge in [0.15, 0.2) is 0 Å². The van der Waals surface area contributed by atoms with Crippen LogP contribution in [0.5, 0.6) is 5.75 Å². The third-order valence-corrected chi connectivity index (χ3v) is 2.95. The molecule has 0 saturated heterocycles. The second-order valence-corrected chi connectivity index (χ2v) is 4.36. The van der Waals surface area contributed by atoms with Crippen molar-refractivity contribution in [1.82, 2.24) is 0 Å². The molecule has 0 unspecified atom stereocenters. The maximum absolute atomic E-state index is 10.2. The minimum atomic E-state index is -0.739. The van der Waals surface area contributed by atoms with Gasteiger partial charge in [0.1, 0.15) is 5.75 Å². The fourth-order valence-corrected chi connectivity index (χ4v) is 2.10. The molecule has 0 fully saturated rings. The van der Waals surface area contributed by atoms with Crippen LogP contribution in [0, 0.1) is 0 Å². The minimum absolute atomic E-state index is 0.237. The predicted octanol–water partition coefficient (Wildman–Crippen LogP) is 2.74. The number of benzene rings is 1. The summed E-state index contributed by atoms with van der Waals surface area (Å²) < 4.78 is 0. The van der Waals surface area contributed by atoms with Gasteiger partial charge in [-0.3, -0.25) is 4.79 Å². The van der Waals surface area contributed by atoms with Crippen LogP contribution in [0.3, 0.4) is 0 Å². The molecule has 4 heteroatoms. The molecule has 1 rings (SSSR count). The smallest absolute Gasteiger partial charge is 0.303 e. The van der Waals surface area contributed by atoms with Crippen LogP contribution in [0.1, 0.15) is 19.3 Å². The number of carboxylic acids is 1. The van der Waals surface area contributed by atoms with Crippen LogP contribution in [0.2, 0.25) is 0 Å². The van der Waals surface area contributed by atoms with Crippen LogP contribution in [0.15, 0.2) is 29.2 Å². The van der Waals surface area contributed by atoms with Crippen molar-refractivity contribution in [3.8, 4) is 5.75 Å². The molecule has 0 heterocycles. The van der Waals surface area contributed by atoms with E-state index in [0.717, 1.165) is 17.1 Å². The molecule has 0 aromatic heterocycles. The van der Waals surface area contributed by atoms with Gasteiger partial charge in [0, 0.05) is 11.3 Å². The van der Waals surface area contributed by atoms with Gasteiger partial charge in [-0.15, -0.1) is 11.8 Å². The molecule has 0 aliphatic rings. The first-order valence-electron chi connectivity index (χ1n) is 4.82. The molecule has 0 radical (unpaired) electrons. The summed E-state index contributed by atoms with van der Waals surface area (Å²) in [6.45, 7) is 0. The summed E-state index contributed by atoms with van der Waals surface area (Å²) in [5.41, 5.74) is 0. The van der Waals surface area contributed by atoms with E-state index in [0.29, 0.717) is 6.42 Å². The summed E-state index contributed by atoms with van der Waals surface area (Å²) in [5, 5.41) is 17.6. The molecule has 2 N–H and O–H groups in total. The lowest BCUT2D eigenvalue weighted by molar-refractivity contribution is -0.137. The molecule has 0 aliphatic carbocycles. The Hall–Kier alpha value is -1.16. The highest BCUT2D eigenvalue weighted by molar-refractivity contribution is 7.99. The van der Waals surface area contributed by atoms with E-state index in [2.05, 4.69) is 0 Å². The van der Waals surface area contributed by atoms with Gasteiger partial charge in [0.05, 0.1) is 0 Å². The lowest BCUT2D eigenvalue weighted by atomic mass is 10.2. The van der Waals surface area contributed by atoms with Crippen LogP contribution in [0.4, 0.5) is 0 Å². The molecule has 0 amide bonds. The average molecular weight is 226 g/mol. The van der Waals surface area contributed by atoms with Crippen molar-refractivity contribution in [1.29, 1.82) is 0 Å². The van der Waals surface area contributed by atoms with E-state index in [-0.39, 0.29) is 12.2 Å². The lowest BCUT2D eigenvalue weighted by Gasteiger charge is -2.01. The number of rotatable bonds is 6. The number of unbranched alkanes of at least 4 members (excludes halogenated alkanes) is 1. The van der Waals surface area contributed by atoms with Gasteiger partial charge >= 0.3 is 5.97 Å². The van der Waals surface area contributed by atoms with Crippen molar-refractivity contribution < 1.29 is 15.0 Å². The number of phenols is 1. The molecule has 0 atom stereocenters. The zero-order valence-electron chi connectivity index (χ0n) is 8.35. The van der Waals surface area contributed by atoms with Gasteiger partial charge in [-0.25, -0.2) is 0 Å². The number of aliphatic carboxylic acids is 1. The normalized spacial score (nSPS) is 10.1. The van der Waals surface area contributed by atoms with E-state index in [4.69, 9.17) is 5.11 Å². The number of hydrogen-bond donors (Lipinski definition) is 2.